The molecule has 2 heterocycles. The van der Waals surface area contributed by atoms with Gasteiger partial charge in [0.05, 0.1) is 6.54 Å². The summed E-state index contributed by atoms with van der Waals surface area (Å²) in [7, 11) is -0.709. The van der Waals surface area contributed by atoms with Crippen LogP contribution in [0.3, 0.4) is 0 Å². The molecule has 2 aliphatic rings. The first kappa shape index (κ1) is 12.5. The van der Waals surface area contributed by atoms with E-state index in [1.807, 2.05) is 0 Å². The monoisotopic (exact) mass is 259 g/mol. The van der Waals surface area contributed by atoms with Gasteiger partial charge in [-0.05, 0) is 12.8 Å². The van der Waals surface area contributed by atoms with Crippen LogP contribution in [-0.4, -0.2) is 52.7 Å². The normalized spacial score (nSPS) is 33.9. The van der Waals surface area contributed by atoms with Gasteiger partial charge in [-0.3, -0.25) is 19.1 Å². The molecule has 7 heteroatoms. The Morgan fingerprint density at radius 2 is 2.06 bits per heavy atom. The van der Waals surface area contributed by atoms with Crippen molar-refractivity contribution in [2.75, 3.05) is 24.6 Å². The van der Waals surface area contributed by atoms with E-state index in [1.54, 1.807) is 0 Å². The van der Waals surface area contributed by atoms with Crippen LogP contribution < -0.4 is 16.0 Å². The van der Waals surface area contributed by atoms with Crippen LogP contribution >= 0.6 is 0 Å². The predicted molar refractivity (Wildman–Crippen MR) is 63.8 cm³/mol. The van der Waals surface area contributed by atoms with Crippen LogP contribution in [-0.2, 0) is 20.4 Å². The maximum Gasteiger partial charge on any atom is 0.239 e. The van der Waals surface area contributed by atoms with Crippen LogP contribution in [0, 0.1) is 0 Å². The van der Waals surface area contributed by atoms with Crippen LogP contribution in [0.1, 0.15) is 12.8 Å². The first-order chi connectivity index (χ1) is 8.15. The average molecular weight is 259 g/mol. The zero-order chi connectivity index (χ0) is 12.3. The van der Waals surface area contributed by atoms with Crippen LogP contribution in [0.5, 0.6) is 0 Å². The summed E-state index contributed by atoms with van der Waals surface area (Å²) in [4.78, 5) is 22.8. The van der Waals surface area contributed by atoms with Gasteiger partial charge in [0, 0.05) is 34.9 Å². The zero-order valence-corrected chi connectivity index (χ0v) is 10.3. The second-order valence-electron chi connectivity index (χ2n) is 4.37. The molecule has 0 aromatic heterocycles. The van der Waals surface area contributed by atoms with E-state index in [-0.39, 0.29) is 30.4 Å². The lowest BCUT2D eigenvalue weighted by Crippen LogP contribution is -2.59. The second kappa shape index (κ2) is 5.59. The number of carbonyl (C=O) groups is 2. The molecule has 2 aliphatic heterocycles. The maximum absolute atomic E-state index is 11.9. The van der Waals surface area contributed by atoms with E-state index in [1.165, 1.54) is 0 Å². The molecule has 0 saturated carbocycles. The van der Waals surface area contributed by atoms with E-state index < -0.39 is 10.8 Å². The summed E-state index contributed by atoms with van der Waals surface area (Å²) >= 11 is 0. The number of carbonyl (C=O) groups excluding carboxylic acids is 2. The van der Waals surface area contributed by atoms with Crippen molar-refractivity contribution in [3.8, 4) is 0 Å². The quantitative estimate of drug-likeness (QED) is 0.541. The van der Waals surface area contributed by atoms with Crippen molar-refractivity contribution < 1.29 is 13.8 Å². The van der Waals surface area contributed by atoms with Gasteiger partial charge < -0.3 is 10.6 Å². The molecule has 2 fully saturated rings. The van der Waals surface area contributed by atoms with E-state index in [2.05, 4.69) is 16.0 Å². The van der Waals surface area contributed by atoms with Crippen molar-refractivity contribution in [1.82, 2.24) is 16.0 Å². The molecule has 96 valence electrons. The van der Waals surface area contributed by atoms with Gasteiger partial charge in [-0.15, -0.1) is 0 Å². The van der Waals surface area contributed by atoms with Crippen molar-refractivity contribution in [2.24, 2.45) is 0 Å². The van der Waals surface area contributed by atoms with Gasteiger partial charge in [0.1, 0.15) is 6.04 Å². The number of rotatable bonds is 2. The second-order valence-corrected chi connectivity index (χ2v) is 6.06. The molecule has 0 aliphatic carbocycles. The van der Waals surface area contributed by atoms with Crippen LogP contribution in [0.4, 0.5) is 0 Å². The standard InChI is InChI=1S/C10H17N3O3S/c14-9-6-11-8(5-12-9)10(15)13-7-1-3-17(16)4-2-7/h7-8,11H,1-6H2,(H,12,14)(H,13,15). The van der Waals surface area contributed by atoms with Gasteiger partial charge in [-0.2, -0.15) is 0 Å². The highest BCUT2D eigenvalue weighted by atomic mass is 32.2. The van der Waals surface area contributed by atoms with E-state index in [0.717, 1.165) is 12.8 Å². The molecule has 0 aromatic carbocycles. The first-order valence-corrected chi connectivity index (χ1v) is 7.29. The Hall–Kier alpha value is -0.950. The molecule has 0 spiro atoms. The molecular formula is C10H17N3O3S. The molecule has 2 saturated heterocycles. The minimum absolute atomic E-state index is 0.0808. The third-order valence-corrected chi connectivity index (χ3v) is 4.45. The van der Waals surface area contributed by atoms with Crippen LogP contribution in [0.25, 0.3) is 0 Å². The summed E-state index contributed by atoms with van der Waals surface area (Å²) in [5, 5.41) is 8.47. The number of hydrogen-bond donors (Lipinski definition) is 3. The number of amides is 2. The van der Waals surface area contributed by atoms with E-state index in [0.29, 0.717) is 18.1 Å². The summed E-state index contributed by atoms with van der Waals surface area (Å²) in [6, 6.07) is -0.222. The molecule has 17 heavy (non-hydrogen) atoms. The molecule has 2 rings (SSSR count). The molecule has 2 amide bonds. The summed E-state index contributed by atoms with van der Waals surface area (Å²) in [6.07, 6.45) is 1.55. The Labute approximate surface area is 102 Å². The Morgan fingerprint density at radius 3 is 2.65 bits per heavy atom. The third-order valence-electron chi connectivity index (χ3n) is 3.06. The highest BCUT2D eigenvalue weighted by Crippen LogP contribution is 2.09. The fraction of sp³-hybridized carbons (Fsp3) is 0.800. The van der Waals surface area contributed by atoms with Gasteiger partial charge in [0.15, 0.2) is 0 Å². The van der Waals surface area contributed by atoms with Crippen molar-refractivity contribution in [3.63, 3.8) is 0 Å². The molecule has 1 unspecified atom stereocenters. The Bertz CT molecular complexity index is 328. The smallest absolute Gasteiger partial charge is 0.239 e. The van der Waals surface area contributed by atoms with Crippen molar-refractivity contribution in [2.45, 2.75) is 24.9 Å². The van der Waals surface area contributed by atoms with Crippen LogP contribution in [0.2, 0.25) is 0 Å². The predicted octanol–water partition coefficient (Wildman–Crippen LogP) is -1.90. The average Bonchev–Trinajstić information content (AvgIpc) is 2.33. The lowest BCUT2D eigenvalue weighted by molar-refractivity contribution is -0.127. The molecule has 6 nitrogen and oxygen atoms in total. The molecule has 0 bridgehead atoms. The van der Waals surface area contributed by atoms with Gasteiger partial charge in [0.25, 0.3) is 0 Å². The van der Waals surface area contributed by atoms with Crippen molar-refractivity contribution in [1.29, 1.82) is 0 Å². The summed E-state index contributed by atoms with van der Waals surface area (Å²) in [6.45, 7) is 0.524. The first-order valence-electron chi connectivity index (χ1n) is 5.80. The summed E-state index contributed by atoms with van der Waals surface area (Å²) in [5.74, 6) is 1.17. The number of hydrogen-bond acceptors (Lipinski definition) is 4. The Balaban J connectivity index is 1.77. The fourth-order valence-electron chi connectivity index (χ4n) is 1.99. The van der Waals surface area contributed by atoms with E-state index in [9.17, 15) is 13.8 Å². The molecule has 1 atom stereocenters. The van der Waals surface area contributed by atoms with E-state index in [4.69, 9.17) is 0 Å². The zero-order valence-electron chi connectivity index (χ0n) is 9.53. The molecular weight excluding hydrogens is 242 g/mol. The number of nitrogens with one attached hydrogen (secondary N) is 3. The highest BCUT2D eigenvalue weighted by Gasteiger charge is 2.26. The third kappa shape index (κ3) is 3.50. The van der Waals surface area contributed by atoms with E-state index >= 15 is 0 Å². The van der Waals surface area contributed by atoms with Gasteiger partial charge >= 0.3 is 0 Å². The highest BCUT2D eigenvalue weighted by molar-refractivity contribution is 7.85. The minimum atomic E-state index is -0.709. The topological polar surface area (TPSA) is 87.3 Å². The fourth-order valence-corrected chi connectivity index (χ4v) is 3.29. The van der Waals surface area contributed by atoms with Crippen molar-refractivity contribution in [3.05, 3.63) is 0 Å². The van der Waals surface area contributed by atoms with Crippen LogP contribution in [0.15, 0.2) is 0 Å². The molecule has 0 aromatic rings. The summed E-state index contributed by atoms with van der Waals surface area (Å²) < 4.78 is 11.2. The lowest BCUT2D eigenvalue weighted by atomic mass is 10.1. The Kier molecular flexibility index (Phi) is 4.11. The Morgan fingerprint density at radius 1 is 1.35 bits per heavy atom. The lowest BCUT2D eigenvalue weighted by Gasteiger charge is -2.27. The minimum Gasteiger partial charge on any atom is -0.353 e. The summed E-state index contributed by atoms with van der Waals surface area (Å²) in [5.41, 5.74) is 0. The van der Waals surface area contributed by atoms with Crippen molar-refractivity contribution >= 4 is 22.6 Å². The molecule has 3 N–H and O–H groups in total. The van der Waals surface area contributed by atoms with Gasteiger partial charge in [0.2, 0.25) is 11.8 Å². The largest absolute Gasteiger partial charge is 0.353 e. The SMILES string of the molecule is O=C1CNC(C(=O)NC2CCS(=O)CC2)CN1. The van der Waals surface area contributed by atoms with Gasteiger partial charge in [-0.25, -0.2) is 0 Å². The number of piperazine rings is 1. The maximum atomic E-state index is 11.9. The molecule has 0 radical (unpaired) electrons. The van der Waals surface area contributed by atoms with Gasteiger partial charge in [-0.1, -0.05) is 0 Å².